The number of nitrogens with zero attached hydrogens (tertiary/aromatic N) is 5. The topological polar surface area (TPSA) is 75.9 Å². The second kappa shape index (κ2) is 10.9. The van der Waals surface area contributed by atoms with Gasteiger partial charge in [-0.3, -0.25) is 4.79 Å². The molecule has 4 rings (SSSR count). The Balaban J connectivity index is 1.53. The molecule has 1 fully saturated rings. The molecule has 10 heteroatoms. The number of rotatable bonds is 8. The van der Waals surface area contributed by atoms with Gasteiger partial charge in [0.2, 0.25) is 0 Å². The van der Waals surface area contributed by atoms with Crippen LogP contribution in [0.2, 0.25) is 5.02 Å². The predicted molar refractivity (Wildman–Crippen MR) is 134 cm³/mol. The van der Waals surface area contributed by atoms with Gasteiger partial charge in [0.1, 0.15) is 5.82 Å². The minimum absolute atomic E-state index is 0.212. The molecule has 0 bridgehead atoms. The smallest absolute Gasteiger partial charge is 0.252 e. The summed E-state index contributed by atoms with van der Waals surface area (Å²) in [6.45, 7) is 5.10. The van der Waals surface area contributed by atoms with Gasteiger partial charge in [-0.1, -0.05) is 46.2 Å². The van der Waals surface area contributed by atoms with Crippen molar-refractivity contribution in [3.63, 3.8) is 0 Å². The molecule has 3 aromatic rings. The summed E-state index contributed by atoms with van der Waals surface area (Å²) in [5.41, 5.74) is 1.26. The van der Waals surface area contributed by atoms with Crippen molar-refractivity contribution in [2.75, 3.05) is 30.3 Å². The monoisotopic (exact) mass is 536 g/mol. The lowest BCUT2D eigenvalue weighted by Gasteiger charge is -2.28. The molecule has 1 saturated heterocycles. The number of piperidine rings is 1. The standard InChI is InChI=1S/C22H26BrClN6OS/c1-2-12-32-22-27-19(29-9-4-3-5-10-29)17-14-26-30(20(17)28-22)11-8-25-21(31)16-13-15(23)6-7-18(16)24/h6-7,13-14H,2-5,8-12H2,1H3,(H,25,31). The SMILES string of the molecule is CCCSc1nc(N2CCCCC2)c2cnn(CCNC(=O)c3cc(Br)ccc3Cl)c2n1. The van der Waals surface area contributed by atoms with Crippen LogP contribution in [0.3, 0.4) is 0 Å². The van der Waals surface area contributed by atoms with Crippen LogP contribution >= 0.6 is 39.3 Å². The quantitative estimate of drug-likeness (QED) is 0.316. The fourth-order valence-corrected chi connectivity index (χ4v) is 4.98. The second-order valence-electron chi connectivity index (χ2n) is 7.71. The normalized spacial score (nSPS) is 14.2. The van der Waals surface area contributed by atoms with Crippen molar-refractivity contribution in [3.05, 3.63) is 39.5 Å². The molecule has 1 N–H and O–H groups in total. The molecule has 0 radical (unpaired) electrons. The number of carbonyl (C=O) groups excluding carboxylic acids is 1. The number of hydrogen-bond donors (Lipinski definition) is 1. The van der Waals surface area contributed by atoms with E-state index in [1.165, 1.54) is 19.3 Å². The maximum Gasteiger partial charge on any atom is 0.252 e. The highest BCUT2D eigenvalue weighted by Gasteiger charge is 2.20. The van der Waals surface area contributed by atoms with E-state index in [2.05, 4.69) is 38.2 Å². The van der Waals surface area contributed by atoms with E-state index < -0.39 is 0 Å². The molecule has 1 aliphatic rings. The number of halogens is 2. The molecule has 1 amide bonds. The first-order valence-electron chi connectivity index (χ1n) is 10.9. The summed E-state index contributed by atoms with van der Waals surface area (Å²) in [6.07, 6.45) is 6.54. The van der Waals surface area contributed by atoms with Crippen molar-refractivity contribution in [1.29, 1.82) is 0 Å². The number of thioether (sulfide) groups is 1. The van der Waals surface area contributed by atoms with Crippen molar-refractivity contribution in [2.45, 2.75) is 44.3 Å². The largest absolute Gasteiger partial charge is 0.356 e. The molecular formula is C22H26BrClN6OS. The first kappa shape index (κ1) is 23.3. The summed E-state index contributed by atoms with van der Waals surface area (Å²) in [4.78, 5) is 24.6. The third-order valence-electron chi connectivity index (χ3n) is 5.33. The van der Waals surface area contributed by atoms with E-state index in [0.717, 1.165) is 51.7 Å². The van der Waals surface area contributed by atoms with Crippen LogP contribution < -0.4 is 10.2 Å². The van der Waals surface area contributed by atoms with E-state index in [4.69, 9.17) is 21.6 Å². The highest BCUT2D eigenvalue weighted by Crippen LogP contribution is 2.29. The average molecular weight is 538 g/mol. The lowest BCUT2D eigenvalue weighted by Crippen LogP contribution is -2.30. The first-order valence-corrected chi connectivity index (χ1v) is 13.1. The Bertz CT molecular complexity index is 1100. The van der Waals surface area contributed by atoms with Gasteiger partial charge in [-0.2, -0.15) is 5.10 Å². The van der Waals surface area contributed by atoms with Crippen molar-refractivity contribution in [3.8, 4) is 0 Å². The molecule has 1 aromatic carbocycles. The van der Waals surface area contributed by atoms with Gasteiger partial charge in [-0.05, 0) is 43.9 Å². The molecule has 0 saturated carbocycles. The summed E-state index contributed by atoms with van der Waals surface area (Å²) in [7, 11) is 0. The number of amides is 1. The van der Waals surface area contributed by atoms with Crippen LogP contribution in [0.5, 0.6) is 0 Å². The number of fused-ring (bicyclic) bond motifs is 1. The maximum atomic E-state index is 12.6. The molecule has 170 valence electrons. The van der Waals surface area contributed by atoms with E-state index in [9.17, 15) is 4.79 Å². The van der Waals surface area contributed by atoms with Gasteiger partial charge in [-0.25, -0.2) is 14.6 Å². The van der Waals surface area contributed by atoms with E-state index in [1.807, 2.05) is 16.9 Å². The van der Waals surface area contributed by atoms with Crippen LogP contribution in [0, 0.1) is 0 Å². The zero-order chi connectivity index (χ0) is 22.5. The molecular weight excluding hydrogens is 512 g/mol. The second-order valence-corrected chi connectivity index (χ2v) is 10.1. The van der Waals surface area contributed by atoms with Crippen LogP contribution in [-0.4, -0.2) is 51.0 Å². The highest BCUT2D eigenvalue weighted by molar-refractivity contribution is 9.10. The molecule has 2 aromatic heterocycles. The van der Waals surface area contributed by atoms with Crippen molar-refractivity contribution in [1.82, 2.24) is 25.1 Å². The molecule has 0 aliphatic carbocycles. The van der Waals surface area contributed by atoms with Gasteiger partial charge in [0, 0.05) is 29.9 Å². The number of benzene rings is 1. The van der Waals surface area contributed by atoms with Crippen molar-refractivity contribution < 1.29 is 4.79 Å². The van der Waals surface area contributed by atoms with Crippen molar-refractivity contribution >= 4 is 62.1 Å². The van der Waals surface area contributed by atoms with E-state index in [-0.39, 0.29) is 5.91 Å². The summed E-state index contributed by atoms with van der Waals surface area (Å²) in [6, 6.07) is 5.23. The lowest BCUT2D eigenvalue weighted by atomic mass is 10.1. The zero-order valence-electron chi connectivity index (χ0n) is 18.0. The third-order valence-corrected chi connectivity index (χ3v) is 7.20. The van der Waals surface area contributed by atoms with Crippen LogP contribution in [0.15, 0.2) is 34.0 Å². The van der Waals surface area contributed by atoms with E-state index in [0.29, 0.717) is 23.7 Å². The zero-order valence-corrected chi connectivity index (χ0v) is 21.1. The Kier molecular flexibility index (Phi) is 7.91. The highest BCUT2D eigenvalue weighted by atomic mass is 79.9. The molecule has 3 heterocycles. The van der Waals surface area contributed by atoms with Gasteiger partial charge in [0.25, 0.3) is 5.91 Å². The first-order chi connectivity index (χ1) is 15.6. The Hall–Kier alpha value is -1.84. The predicted octanol–water partition coefficient (Wildman–Crippen LogP) is 5.16. The molecule has 0 atom stereocenters. The summed E-state index contributed by atoms with van der Waals surface area (Å²) < 4.78 is 2.66. The number of hydrogen-bond acceptors (Lipinski definition) is 6. The number of aromatic nitrogens is 4. The average Bonchev–Trinajstić information content (AvgIpc) is 3.22. The van der Waals surface area contributed by atoms with Crippen LogP contribution in [-0.2, 0) is 6.54 Å². The summed E-state index contributed by atoms with van der Waals surface area (Å²) >= 11 is 11.2. The molecule has 32 heavy (non-hydrogen) atoms. The molecule has 7 nitrogen and oxygen atoms in total. The fourth-order valence-electron chi connectivity index (χ4n) is 3.73. The molecule has 0 spiro atoms. The summed E-state index contributed by atoms with van der Waals surface area (Å²) in [5.74, 6) is 1.74. The number of nitrogens with one attached hydrogen (secondary N) is 1. The van der Waals surface area contributed by atoms with Gasteiger partial charge in [-0.15, -0.1) is 0 Å². The minimum atomic E-state index is -0.212. The minimum Gasteiger partial charge on any atom is -0.356 e. The Morgan fingerprint density at radius 3 is 2.84 bits per heavy atom. The van der Waals surface area contributed by atoms with Gasteiger partial charge < -0.3 is 10.2 Å². The van der Waals surface area contributed by atoms with E-state index >= 15 is 0 Å². The third kappa shape index (κ3) is 5.38. The van der Waals surface area contributed by atoms with Gasteiger partial charge in [0.15, 0.2) is 10.8 Å². The summed E-state index contributed by atoms with van der Waals surface area (Å²) in [5, 5.41) is 9.67. The number of anilines is 1. The Morgan fingerprint density at radius 1 is 1.25 bits per heavy atom. The van der Waals surface area contributed by atoms with Crippen LogP contribution in [0.1, 0.15) is 43.0 Å². The molecule has 0 unspecified atom stereocenters. The maximum absolute atomic E-state index is 12.6. The fraction of sp³-hybridized carbons (Fsp3) is 0.455. The van der Waals surface area contributed by atoms with Gasteiger partial charge >= 0.3 is 0 Å². The Morgan fingerprint density at radius 2 is 2.06 bits per heavy atom. The number of carbonyl (C=O) groups is 1. The lowest BCUT2D eigenvalue weighted by molar-refractivity contribution is 0.0952. The Labute approximate surface area is 205 Å². The van der Waals surface area contributed by atoms with Crippen LogP contribution in [0.4, 0.5) is 5.82 Å². The van der Waals surface area contributed by atoms with Crippen LogP contribution in [0.25, 0.3) is 11.0 Å². The van der Waals surface area contributed by atoms with E-state index in [1.54, 1.807) is 23.9 Å². The van der Waals surface area contributed by atoms with Crippen molar-refractivity contribution in [2.24, 2.45) is 0 Å². The van der Waals surface area contributed by atoms with Gasteiger partial charge in [0.05, 0.1) is 28.7 Å². The molecule has 1 aliphatic heterocycles.